The standard InChI is InChI=1S/C23H24ClNO4/c1-13(2)19-7-5-6-14(3)21(19)25-22(26)15(4)29-23(27)17-10-16-11-18(24)8-9-20(16)28-12-17/h5-11,13,15H,12H2,1-4H3,(H,25,26). The molecule has 1 amide bonds. The highest BCUT2D eigenvalue weighted by Crippen LogP contribution is 2.30. The molecule has 152 valence electrons. The van der Waals surface area contributed by atoms with Gasteiger partial charge in [-0.25, -0.2) is 4.79 Å². The van der Waals surface area contributed by atoms with Crippen molar-refractivity contribution < 1.29 is 19.1 Å². The summed E-state index contributed by atoms with van der Waals surface area (Å²) in [4.78, 5) is 25.2. The smallest absolute Gasteiger partial charge is 0.338 e. The number of hydrogen-bond acceptors (Lipinski definition) is 4. The molecule has 2 aromatic carbocycles. The van der Waals surface area contributed by atoms with Crippen molar-refractivity contribution in [3.63, 3.8) is 0 Å². The number of anilines is 1. The Morgan fingerprint density at radius 2 is 1.93 bits per heavy atom. The van der Waals surface area contributed by atoms with Crippen LogP contribution in [0.15, 0.2) is 42.0 Å². The molecule has 0 fully saturated rings. The zero-order chi connectivity index (χ0) is 21.1. The molecule has 0 spiro atoms. The molecule has 0 saturated carbocycles. The number of carbonyl (C=O) groups is 2. The van der Waals surface area contributed by atoms with E-state index in [1.165, 1.54) is 0 Å². The van der Waals surface area contributed by atoms with E-state index < -0.39 is 12.1 Å². The van der Waals surface area contributed by atoms with Crippen molar-refractivity contribution in [2.45, 2.75) is 39.7 Å². The van der Waals surface area contributed by atoms with Crippen molar-refractivity contribution in [1.82, 2.24) is 0 Å². The second-order valence-electron chi connectivity index (χ2n) is 7.37. The molecule has 1 heterocycles. The summed E-state index contributed by atoms with van der Waals surface area (Å²) in [7, 11) is 0. The lowest BCUT2D eigenvalue weighted by atomic mass is 9.98. The first-order valence-electron chi connectivity index (χ1n) is 9.50. The van der Waals surface area contributed by atoms with Gasteiger partial charge < -0.3 is 14.8 Å². The maximum Gasteiger partial charge on any atom is 0.338 e. The highest BCUT2D eigenvalue weighted by molar-refractivity contribution is 6.30. The zero-order valence-corrected chi connectivity index (χ0v) is 17.7. The molecule has 0 saturated heterocycles. The summed E-state index contributed by atoms with van der Waals surface area (Å²) in [6.45, 7) is 7.69. The van der Waals surface area contributed by atoms with Gasteiger partial charge in [-0.1, -0.05) is 43.6 Å². The van der Waals surface area contributed by atoms with E-state index in [1.54, 1.807) is 31.2 Å². The Labute approximate surface area is 175 Å². The van der Waals surface area contributed by atoms with Crippen LogP contribution in [0.25, 0.3) is 6.08 Å². The number of benzene rings is 2. The van der Waals surface area contributed by atoms with Gasteiger partial charge in [0.05, 0.1) is 5.57 Å². The van der Waals surface area contributed by atoms with Crippen LogP contribution in [0.4, 0.5) is 5.69 Å². The Kier molecular flexibility index (Phi) is 6.28. The van der Waals surface area contributed by atoms with Crippen molar-refractivity contribution in [3.05, 3.63) is 63.7 Å². The number of nitrogens with one attached hydrogen (secondary N) is 1. The quantitative estimate of drug-likeness (QED) is 0.691. The van der Waals surface area contributed by atoms with Crippen molar-refractivity contribution in [2.24, 2.45) is 0 Å². The molecule has 3 rings (SSSR count). The number of amides is 1. The normalized spacial score (nSPS) is 13.8. The van der Waals surface area contributed by atoms with E-state index in [0.717, 1.165) is 16.8 Å². The average Bonchev–Trinajstić information content (AvgIpc) is 2.68. The minimum atomic E-state index is -0.955. The first-order valence-corrected chi connectivity index (χ1v) is 9.88. The molecule has 0 aliphatic carbocycles. The molecule has 2 aromatic rings. The number of aryl methyl sites for hydroxylation is 1. The van der Waals surface area contributed by atoms with E-state index in [1.807, 2.05) is 25.1 Å². The zero-order valence-electron chi connectivity index (χ0n) is 16.9. The van der Waals surface area contributed by atoms with Gasteiger partial charge in [-0.05, 0) is 55.2 Å². The molecule has 1 aliphatic rings. The summed E-state index contributed by atoms with van der Waals surface area (Å²) in [5.41, 5.74) is 3.79. The van der Waals surface area contributed by atoms with Crippen LogP contribution in [0.3, 0.4) is 0 Å². The van der Waals surface area contributed by atoms with Crippen LogP contribution in [0.2, 0.25) is 5.02 Å². The molecular formula is C23H24ClNO4. The number of fused-ring (bicyclic) bond motifs is 1. The summed E-state index contributed by atoms with van der Waals surface area (Å²) < 4.78 is 11.0. The van der Waals surface area contributed by atoms with Gasteiger partial charge >= 0.3 is 5.97 Å². The topological polar surface area (TPSA) is 64.6 Å². The van der Waals surface area contributed by atoms with E-state index in [2.05, 4.69) is 19.2 Å². The van der Waals surface area contributed by atoms with Crippen molar-refractivity contribution >= 4 is 35.2 Å². The van der Waals surface area contributed by atoms with E-state index in [0.29, 0.717) is 21.9 Å². The third kappa shape index (κ3) is 4.80. The van der Waals surface area contributed by atoms with Crippen molar-refractivity contribution in [2.75, 3.05) is 11.9 Å². The van der Waals surface area contributed by atoms with Crippen LogP contribution in [0.1, 0.15) is 43.4 Å². The van der Waals surface area contributed by atoms with Crippen LogP contribution in [0.5, 0.6) is 5.75 Å². The fourth-order valence-corrected chi connectivity index (χ4v) is 3.30. The van der Waals surface area contributed by atoms with Crippen LogP contribution >= 0.6 is 11.6 Å². The Hall–Kier alpha value is -2.79. The van der Waals surface area contributed by atoms with E-state index >= 15 is 0 Å². The molecular weight excluding hydrogens is 390 g/mol. The van der Waals surface area contributed by atoms with Crippen LogP contribution in [-0.4, -0.2) is 24.6 Å². The molecule has 0 radical (unpaired) electrons. The first kappa shape index (κ1) is 20.9. The Balaban J connectivity index is 1.70. The summed E-state index contributed by atoms with van der Waals surface area (Å²) in [5, 5.41) is 3.45. The minimum Gasteiger partial charge on any atom is -0.488 e. The Bertz CT molecular complexity index is 981. The van der Waals surface area contributed by atoms with Crippen LogP contribution in [0, 0.1) is 6.92 Å². The molecule has 1 atom stereocenters. The molecule has 6 heteroatoms. The third-order valence-electron chi connectivity index (χ3n) is 4.78. The number of esters is 1. The molecule has 1 aliphatic heterocycles. The molecule has 29 heavy (non-hydrogen) atoms. The van der Waals surface area contributed by atoms with Gasteiger partial charge in [0.25, 0.3) is 5.91 Å². The lowest BCUT2D eigenvalue weighted by molar-refractivity contribution is -0.149. The molecule has 0 bridgehead atoms. The lowest BCUT2D eigenvalue weighted by Gasteiger charge is -2.21. The Morgan fingerprint density at radius 1 is 1.17 bits per heavy atom. The van der Waals surface area contributed by atoms with Gasteiger partial charge in [0.1, 0.15) is 12.4 Å². The van der Waals surface area contributed by atoms with Gasteiger partial charge in [-0.2, -0.15) is 0 Å². The van der Waals surface area contributed by atoms with Crippen molar-refractivity contribution in [1.29, 1.82) is 0 Å². The maximum atomic E-state index is 12.6. The summed E-state index contributed by atoms with van der Waals surface area (Å²) in [6.07, 6.45) is 0.722. The Morgan fingerprint density at radius 3 is 2.66 bits per heavy atom. The predicted molar refractivity (Wildman–Crippen MR) is 114 cm³/mol. The lowest BCUT2D eigenvalue weighted by Crippen LogP contribution is -2.32. The highest BCUT2D eigenvalue weighted by Gasteiger charge is 2.24. The van der Waals surface area contributed by atoms with Crippen LogP contribution in [-0.2, 0) is 14.3 Å². The largest absolute Gasteiger partial charge is 0.488 e. The van der Waals surface area contributed by atoms with Gasteiger partial charge in [0.2, 0.25) is 0 Å². The maximum absolute atomic E-state index is 12.6. The summed E-state index contributed by atoms with van der Waals surface area (Å²) in [6, 6.07) is 11.1. The molecule has 1 unspecified atom stereocenters. The van der Waals surface area contributed by atoms with Gasteiger partial charge in [0, 0.05) is 16.3 Å². The number of rotatable bonds is 5. The van der Waals surface area contributed by atoms with Crippen molar-refractivity contribution in [3.8, 4) is 5.75 Å². The summed E-state index contributed by atoms with van der Waals surface area (Å²) in [5.74, 6) is -0.0699. The SMILES string of the molecule is Cc1cccc(C(C)C)c1NC(=O)C(C)OC(=O)C1=Cc2cc(Cl)ccc2OC1. The minimum absolute atomic E-state index is 0.0805. The van der Waals surface area contributed by atoms with Gasteiger partial charge in [-0.15, -0.1) is 0 Å². The molecule has 1 N–H and O–H groups in total. The summed E-state index contributed by atoms with van der Waals surface area (Å²) >= 11 is 6.00. The fourth-order valence-electron chi connectivity index (χ4n) is 3.12. The number of halogens is 1. The van der Waals surface area contributed by atoms with Gasteiger partial charge in [0.15, 0.2) is 6.10 Å². The number of carbonyl (C=O) groups excluding carboxylic acids is 2. The average molecular weight is 414 g/mol. The predicted octanol–water partition coefficient (Wildman–Crippen LogP) is 5.12. The number of para-hydroxylation sites is 1. The first-order chi connectivity index (χ1) is 13.8. The number of ether oxygens (including phenoxy) is 2. The van der Waals surface area contributed by atoms with E-state index in [4.69, 9.17) is 21.1 Å². The number of hydrogen-bond donors (Lipinski definition) is 1. The third-order valence-corrected chi connectivity index (χ3v) is 5.01. The highest BCUT2D eigenvalue weighted by atomic mass is 35.5. The molecule has 0 aromatic heterocycles. The fraction of sp³-hybridized carbons (Fsp3) is 0.304. The van der Waals surface area contributed by atoms with E-state index in [9.17, 15) is 9.59 Å². The van der Waals surface area contributed by atoms with Gasteiger partial charge in [-0.3, -0.25) is 4.79 Å². The monoisotopic (exact) mass is 413 g/mol. The second-order valence-corrected chi connectivity index (χ2v) is 7.81. The molecule has 5 nitrogen and oxygen atoms in total. The van der Waals surface area contributed by atoms with E-state index in [-0.39, 0.29) is 18.4 Å². The van der Waals surface area contributed by atoms with Crippen LogP contribution < -0.4 is 10.1 Å². The second kappa shape index (κ2) is 8.70.